The molecule has 0 N–H and O–H groups in total. The maximum Gasteiger partial charge on any atom is 0.0791 e. The van der Waals surface area contributed by atoms with Crippen molar-refractivity contribution in [3.8, 4) is 6.07 Å². The van der Waals surface area contributed by atoms with E-state index in [1.54, 1.807) is 0 Å². The lowest BCUT2D eigenvalue weighted by Crippen LogP contribution is -2.17. The Labute approximate surface area is 141 Å². The lowest BCUT2D eigenvalue weighted by molar-refractivity contribution is 0.431. The number of nitriles is 1. The Kier molecular flexibility index (Phi) is 7.14. The molecule has 1 heteroatoms. The van der Waals surface area contributed by atoms with Crippen molar-refractivity contribution in [1.82, 2.24) is 0 Å². The summed E-state index contributed by atoms with van der Waals surface area (Å²) in [6.45, 7) is 2.25. The first-order chi connectivity index (χ1) is 11.3. The van der Waals surface area contributed by atoms with E-state index in [1.807, 2.05) is 6.07 Å². The molecule has 122 valence electrons. The van der Waals surface area contributed by atoms with Crippen molar-refractivity contribution in [3.05, 3.63) is 54.1 Å². The van der Waals surface area contributed by atoms with Gasteiger partial charge in [0.1, 0.15) is 0 Å². The molecule has 0 spiro atoms. The molecule has 23 heavy (non-hydrogen) atoms. The third-order valence-electron chi connectivity index (χ3n) is 4.82. The first-order valence-corrected chi connectivity index (χ1v) is 9.16. The Hall–Kier alpha value is -1.81. The quantitative estimate of drug-likeness (QED) is 0.467. The molecule has 0 saturated heterocycles. The van der Waals surface area contributed by atoms with Crippen LogP contribution < -0.4 is 0 Å². The fraction of sp³-hybridized carbons (Fsp3) is 0.500. The van der Waals surface area contributed by atoms with E-state index >= 15 is 0 Å². The molecule has 0 bridgehead atoms. The molecule has 0 heterocycles. The first-order valence-electron chi connectivity index (χ1n) is 9.16. The minimum absolute atomic E-state index is 0.276. The Morgan fingerprint density at radius 3 is 2.30 bits per heavy atom. The molecule has 0 amide bonds. The number of hydrogen-bond donors (Lipinski definition) is 0. The van der Waals surface area contributed by atoms with E-state index in [0.717, 1.165) is 12.8 Å². The zero-order chi connectivity index (χ0) is 16.4. The fourth-order valence-corrected chi connectivity index (χ4v) is 3.24. The molecule has 0 radical (unpaired) electrons. The zero-order valence-electron chi connectivity index (χ0n) is 14.4. The van der Waals surface area contributed by atoms with Crippen LogP contribution in [0.4, 0.5) is 0 Å². The summed E-state index contributed by atoms with van der Waals surface area (Å²) in [7, 11) is 0. The van der Waals surface area contributed by atoms with E-state index in [9.17, 15) is 5.26 Å². The van der Waals surface area contributed by atoms with Gasteiger partial charge in [0, 0.05) is 0 Å². The minimum Gasteiger partial charge on any atom is -0.197 e. The molecule has 1 aliphatic carbocycles. The van der Waals surface area contributed by atoms with Crippen LogP contribution in [0.15, 0.2) is 48.6 Å². The third kappa shape index (κ3) is 5.39. The molecule has 0 aromatic heterocycles. The number of rotatable bonds is 9. The molecule has 1 nitrogen and oxygen atoms in total. The Balaban J connectivity index is 1.79. The van der Waals surface area contributed by atoms with Crippen LogP contribution in [0.2, 0.25) is 0 Å². The minimum atomic E-state index is -0.276. The first kappa shape index (κ1) is 17.5. The van der Waals surface area contributed by atoms with Gasteiger partial charge in [-0.15, -0.1) is 0 Å². The van der Waals surface area contributed by atoms with Gasteiger partial charge >= 0.3 is 0 Å². The van der Waals surface area contributed by atoms with Crippen molar-refractivity contribution < 1.29 is 0 Å². The molecule has 0 saturated carbocycles. The van der Waals surface area contributed by atoms with Crippen molar-refractivity contribution in [3.63, 3.8) is 0 Å². The fourth-order valence-electron chi connectivity index (χ4n) is 3.24. The Bertz CT molecular complexity index is 561. The highest BCUT2D eigenvalue weighted by Crippen LogP contribution is 2.37. The number of allylic oxidation sites excluding steroid dienone is 4. The zero-order valence-corrected chi connectivity index (χ0v) is 14.4. The average Bonchev–Trinajstić information content (AvgIpc) is 2.62. The average molecular weight is 307 g/mol. The largest absolute Gasteiger partial charge is 0.197 e. The van der Waals surface area contributed by atoms with Crippen LogP contribution in [0.1, 0.15) is 70.3 Å². The van der Waals surface area contributed by atoms with Gasteiger partial charge in [-0.3, -0.25) is 0 Å². The monoisotopic (exact) mass is 307 g/mol. The van der Waals surface area contributed by atoms with Crippen LogP contribution in [0.5, 0.6) is 0 Å². The molecule has 1 aliphatic rings. The second kappa shape index (κ2) is 9.36. The number of nitrogens with zero attached hydrogens (tertiary/aromatic N) is 1. The van der Waals surface area contributed by atoms with Crippen LogP contribution in [0, 0.1) is 16.7 Å². The lowest BCUT2D eigenvalue weighted by atomic mass is 9.76. The highest BCUT2D eigenvalue weighted by molar-refractivity contribution is 5.75. The van der Waals surface area contributed by atoms with E-state index in [1.165, 1.54) is 56.1 Å². The van der Waals surface area contributed by atoms with Crippen molar-refractivity contribution in [2.45, 2.75) is 64.7 Å². The molecule has 1 aromatic rings. The molecule has 2 rings (SSSR count). The van der Waals surface area contributed by atoms with Crippen LogP contribution in [-0.4, -0.2) is 0 Å². The van der Waals surface area contributed by atoms with Crippen molar-refractivity contribution in [2.24, 2.45) is 5.41 Å². The summed E-state index contributed by atoms with van der Waals surface area (Å²) in [5.41, 5.74) is 2.21. The Morgan fingerprint density at radius 2 is 1.70 bits per heavy atom. The normalized spacial score (nSPS) is 20.1. The maximum absolute atomic E-state index is 9.64. The van der Waals surface area contributed by atoms with Gasteiger partial charge in [0.2, 0.25) is 0 Å². The van der Waals surface area contributed by atoms with Crippen LogP contribution in [0.25, 0.3) is 5.57 Å². The van der Waals surface area contributed by atoms with E-state index in [4.69, 9.17) is 0 Å². The SMILES string of the molecule is CCCCCCCCC[C@@]1(C#N)C=CC(c2ccccc2)=CC1. The summed E-state index contributed by atoms with van der Waals surface area (Å²) in [5.74, 6) is 0. The van der Waals surface area contributed by atoms with Gasteiger partial charge in [0.15, 0.2) is 0 Å². The second-order valence-corrected chi connectivity index (χ2v) is 6.70. The van der Waals surface area contributed by atoms with Gasteiger partial charge in [0.25, 0.3) is 0 Å². The van der Waals surface area contributed by atoms with Crippen molar-refractivity contribution in [1.29, 1.82) is 5.26 Å². The van der Waals surface area contributed by atoms with E-state index in [0.29, 0.717) is 0 Å². The molecule has 0 fully saturated rings. The smallest absolute Gasteiger partial charge is 0.0791 e. The molecule has 0 unspecified atom stereocenters. The molecule has 1 atom stereocenters. The van der Waals surface area contributed by atoms with E-state index in [2.05, 4.69) is 55.5 Å². The second-order valence-electron chi connectivity index (χ2n) is 6.70. The number of unbranched alkanes of at least 4 members (excludes halogenated alkanes) is 6. The van der Waals surface area contributed by atoms with Gasteiger partial charge in [-0.05, 0) is 24.0 Å². The Morgan fingerprint density at radius 1 is 1.00 bits per heavy atom. The molecular formula is C22H29N. The predicted octanol–water partition coefficient (Wildman–Crippen LogP) is 6.68. The summed E-state index contributed by atoms with van der Waals surface area (Å²) in [6, 6.07) is 13.0. The van der Waals surface area contributed by atoms with E-state index in [-0.39, 0.29) is 5.41 Å². The predicted molar refractivity (Wildman–Crippen MR) is 98.8 cm³/mol. The molecular weight excluding hydrogens is 278 g/mol. The highest BCUT2D eigenvalue weighted by Gasteiger charge is 2.27. The van der Waals surface area contributed by atoms with Crippen molar-refractivity contribution >= 4 is 5.57 Å². The lowest BCUT2D eigenvalue weighted by Gasteiger charge is -2.25. The van der Waals surface area contributed by atoms with Gasteiger partial charge in [-0.2, -0.15) is 5.26 Å². The summed E-state index contributed by atoms with van der Waals surface area (Å²) in [6.07, 6.45) is 17.5. The summed E-state index contributed by atoms with van der Waals surface area (Å²) in [5, 5.41) is 9.64. The van der Waals surface area contributed by atoms with Crippen LogP contribution in [-0.2, 0) is 0 Å². The van der Waals surface area contributed by atoms with Gasteiger partial charge in [-0.1, -0.05) is 100 Å². The number of benzene rings is 1. The van der Waals surface area contributed by atoms with Gasteiger partial charge in [-0.25, -0.2) is 0 Å². The molecule has 0 aliphatic heterocycles. The van der Waals surface area contributed by atoms with E-state index < -0.39 is 0 Å². The van der Waals surface area contributed by atoms with Gasteiger partial charge < -0.3 is 0 Å². The molecule has 1 aromatic carbocycles. The van der Waals surface area contributed by atoms with Crippen molar-refractivity contribution in [2.75, 3.05) is 0 Å². The third-order valence-corrected chi connectivity index (χ3v) is 4.82. The highest BCUT2D eigenvalue weighted by atomic mass is 14.4. The summed E-state index contributed by atoms with van der Waals surface area (Å²) in [4.78, 5) is 0. The number of hydrogen-bond acceptors (Lipinski definition) is 1. The standard InChI is InChI=1S/C22H29N/c1-2-3-4-5-6-7-11-16-22(19-23)17-14-21(15-18-22)20-12-9-8-10-13-20/h8-10,12-15,17H,2-7,11,16,18H2,1H3/t22-/m1/s1. The van der Waals surface area contributed by atoms with Gasteiger partial charge in [0.05, 0.1) is 11.5 Å². The summed E-state index contributed by atoms with van der Waals surface area (Å²) >= 11 is 0. The summed E-state index contributed by atoms with van der Waals surface area (Å²) < 4.78 is 0. The van der Waals surface area contributed by atoms with Crippen LogP contribution >= 0.6 is 0 Å². The van der Waals surface area contributed by atoms with Crippen LogP contribution in [0.3, 0.4) is 0 Å². The maximum atomic E-state index is 9.64. The topological polar surface area (TPSA) is 23.8 Å².